The van der Waals surface area contributed by atoms with Crippen LogP contribution < -0.4 is 10.9 Å². The van der Waals surface area contributed by atoms with Gasteiger partial charge in [0.1, 0.15) is 0 Å². The Balaban J connectivity index is 2.85. The lowest BCUT2D eigenvalue weighted by Gasteiger charge is -2.22. The summed E-state index contributed by atoms with van der Waals surface area (Å²) in [7, 11) is 1.36. The fraction of sp³-hybridized carbons (Fsp3) is 0.364. The van der Waals surface area contributed by atoms with Crippen LogP contribution in [0.4, 0.5) is 5.69 Å². The average molecular weight is 208 g/mol. The van der Waals surface area contributed by atoms with Crippen LogP contribution in [0.3, 0.4) is 0 Å². The predicted octanol–water partition coefficient (Wildman–Crippen LogP) is 1.56. The number of methoxy groups -OCH3 is 1. The summed E-state index contributed by atoms with van der Waals surface area (Å²) >= 11 is 0. The van der Waals surface area contributed by atoms with E-state index in [0.29, 0.717) is 5.56 Å². The minimum Gasteiger partial charge on any atom is -0.465 e. The third-order valence-electron chi connectivity index (χ3n) is 2.14. The fourth-order valence-electron chi connectivity index (χ4n) is 1.19. The molecule has 0 radical (unpaired) electrons. The maximum atomic E-state index is 11.2. The number of hydrogen-bond acceptors (Lipinski definition) is 4. The molecule has 0 amide bonds. The van der Waals surface area contributed by atoms with Gasteiger partial charge in [-0.2, -0.15) is 0 Å². The van der Waals surface area contributed by atoms with Gasteiger partial charge in [-0.25, -0.2) is 10.6 Å². The highest BCUT2D eigenvalue weighted by Gasteiger charge is 2.08. The number of carbonyl (C=O) groups is 1. The van der Waals surface area contributed by atoms with Crippen LogP contribution in [0.5, 0.6) is 0 Å². The van der Waals surface area contributed by atoms with E-state index >= 15 is 0 Å². The van der Waals surface area contributed by atoms with E-state index in [4.69, 9.17) is 5.84 Å². The summed E-state index contributed by atoms with van der Waals surface area (Å²) in [6.07, 6.45) is 0. The zero-order chi connectivity index (χ0) is 11.4. The molecule has 0 heterocycles. The molecule has 15 heavy (non-hydrogen) atoms. The van der Waals surface area contributed by atoms with Crippen LogP contribution in [-0.2, 0) is 4.74 Å². The van der Waals surface area contributed by atoms with Gasteiger partial charge in [-0.3, -0.25) is 0 Å². The lowest BCUT2D eigenvalue weighted by Crippen LogP contribution is -2.37. The van der Waals surface area contributed by atoms with E-state index in [1.807, 2.05) is 13.8 Å². The van der Waals surface area contributed by atoms with Gasteiger partial charge < -0.3 is 9.75 Å². The van der Waals surface area contributed by atoms with Gasteiger partial charge in [0.15, 0.2) is 0 Å². The molecule has 1 aromatic rings. The Hall–Kier alpha value is -1.55. The average Bonchev–Trinajstić information content (AvgIpc) is 2.27. The summed E-state index contributed by atoms with van der Waals surface area (Å²) in [5.74, 6) is 5.48. The standard InChI is InChI=1S/C11H16N2O2/c1-8(2)13(12)10-6-4-9(5-7-10)11(14)15-3/h4-8H,12H2,1-3H3. The van der Waals surface area contributed by atoms with Crippen LogP contribution in [0.2, 0.25) is 0 Å². The Morgan fingerprint density at radius 1 is 1.33 bits per heavy atom. The second-order valence-corrected chi connectivity index (χ2v) is 3.54. The quantitative estimate of drug-likeness (QED) is 0.465. The number of anilines is 1. The van der Waals surface area contributed by atoms with Crippen LogP contribution in [-0.4, -0.2) is 19.1 Å². The summed E-state index contributed by atoms with van der Waals surface area (Å²) in [5, 5.41) is 1.64. The Morgan fingerprint density at radius 3 is 2.27 bits per heavy atom. The summed E-state index contributed by atoms with van der Waals surface area (Å²) in [5.41, 5.74) is 1.40. The van der Waals surface area contributed by atoms with Crippen molar-refractivity contribution in [1.29, 1.82) is 0 Å². The normalized spacial score (nSPS) is 10.2. The van der Waals surface area contributed by atoms with Crippen LogP contribution in [0.25, 0.3) is 0 Å². The van der Waals surface area contributed by atoms with Gasteiger partial charge in [0.25, 0.3) is 0 Å². The SMILES string of the molecule is COC(=O)c1ccc(N(N)C(C)C)cc1. The molecule has 0 aliphatic heterocycles. The van der Waals surface area contributed by atoms with Gasteiger partial charge in [0, 0.05) is 6.04 Å². The van der Waals surface area contributed by atoms with E-state index in [1.165, 1.54) is 7.11 Å². The van der Waals surface area contributed by atoms with Crippen molar-refractivity contribution in [3.05, 3.63) is 29.8 Å². The molecule has 0 saturated carbocycles. The zero-order valence-electron chi connectivity index (χ0n) is 9.23. The Bertz CT molecular complexity index is 333. The first-order valence-electron chi connectivity index (χ1n) is 4.78. The van der Waals surface area contributed by atoms with Crippen LogP contribution in [0, 0.1) is 0 Å². The molecule has 82 valence electrons. The molecule has 0 fully saturated rings. The topological polar surface area (TPSA) is 55.6 Å². The number of nitrogens with two attached hydrogens (primary N) is 1. The second kappa shape index (κ2) is 4.79. The number of ether oxygens (including phenoxy) is 1. The van der Waals surface area contributed by atoms with E-state index in [0.717, 1.165) is 5.69 Å². The first-order chi connectivity index (χ1) is 7.06. The summed E-state index contributed by atoms with van der Waals surface area (Å²) < 4.78 is 4.60. The van der Waals surface area contributed by atoms with E-state index < -0.39 is 0 Å². The Kier molecular flexibility index (Phi) is 3.68. The Morgan fingerprint density at radius 2 is 1.87 bits per heavy atom. The number of nitrogens with zero attached hydrogens (tertiary/aromatic N) is 1. The molecule has 0 saturated heterocycles. The molecule has 2 N–H and O–H groups in total. The molecule has 0 bridgehead atoms. The van der Waals surface area contributed by atoms with Crippen molar-refractivity contribution in [3.8, 4) is 0 Å². The number of esters is 1. The molecule has 1 rings (SSSR count). The van der Waals surface area contributed by atoms with Gasteiger partial charge in [0.05, 0.1) is 18.4 Å². The molecule has 4 nitrogen and oxygen atoms in total. The number of hydrogen-bond donors (Lipinski definition) is 1. The van der Waals surface area contributed by atoms with Gasteiger partial charge in [-0.05, 0) is 38.1 Å². The molecule has 0 aromatic heterocycles. The first-order valence-corrected chi connectivity index (χ1v) is 4.78. The first kappa shape index (κ1) is 11.5. The van der Waals surface area contributed by atoms with Crippen molar-refractivity contribution < 1.29 is 9.53 Å². The molecule has 4 heteroatoms. The van der Waals surface area contributed by atoms with Gasteiger partial charge >= 0.3 is 5.97 Å². The van der Waals surface area contributed by atoms with Crippen molar-refractivity contribution in [2.75, 3.05) is 12.1 Å². The van der Waals surface area contributed by atoms with Gasteiger partial charge in [-0.15, -0.1) is 0 Å². The van der Waals surface area contributed by atoms with Crippen LogP contribution in [0.15, 0.2) is 24.3 Å². The largest absolute Gasteiger partial charge is 0.465 e. The maximum absolute atomic E-state index is 11.2. The monoisotopic (exact) mass is 208 g/mol. The third-order valence-corrected chi connectivity index (χ3v) is 2.14. The van der Waals surface area contributed by atoms with Gasteiger partial charge in [0.2, 0.25) is 0 Å². The number of rotatable bonds is 3. The molecule has 1 aromatic carbocycles. The van der Waals surface area contributed by atoms with Crippen molar-refractivity contribution in [1.82, 2.24) is 0 Å². The highest BCUT2D eigenvalue weighted by Crippen LogP contribution is 2.14. The number of hydrazine groups is 1. The molecular formula is C11H16N2O2. The third kappa shape index (κ3) is 2.70. The lowest BCUT2D eigenvalue weighted by atomic mass is 10.2. The predicted molar refractivity (Wildman–Crippen MR) is 59.6 cm³/mol. The number of benzene rings is 1. The molecule has 0 unspecified atom stereocenters. The molecule has 0 aliphatic carbocycles. The van der Waals surface area contributed by atoms with Crippen molar-refractivity contribution in [2.24, 2.45) is 5.84 Å². The van der Waals surface area contributed by atoms with E-state index in [-0.39, 0.29) is 12.0 Å². The molecular weight excluding hydrogens is 192 g/mol. The molecule has 0 spiro atoms. The maximum Gasteiger partial charge on any atom is 0.337 e. The smallest absolute Gasteiger partial charge is 0.337 e. The summed E-state index contributed by atoms with van der Waals surface area (Å²) in [6, 6.07) is 7.21. The molecule has 0 atom stereocenters. The van der Waals surface area contributed by atoms with E-state index in [1.54, 1.807) is 29.3 Å². The van der Waals surface area contributed by atoms with Gasteiger partial charge in [-0.1, -0.05) is 0 Å². The van der Waals surface area contributed by atoms with E-state index in [2.05, 4.69) is 4.74 Å². The fourth-order valence-corrected chi connectivity index (χ4v) is 1.19. The van der Waals surface area contributed by atoms with Crippen molar-refractivity contribution in [2.45, 2.75) is 19.9 Å². The highest BCUT2D eigenvalue weighted by molar-refractivity contribution is 5.89. The Labute approximate surface area is 89.6 Å². The summed E-state index contributed by atoms with van der Waals surface area (Å²) in [6.45, 7) is 3.99. The van der Waals surface area contributed by atoms with E-state index in [9.17, 15) is 4.79 Å². The zero-order valence-corrected chi connectivity index (χ0v) is 9.23. The number of carbonyl (C=O) groups excluding carboxylic acids is 1. The summed E-state index contributed by atoms with van der Waals surface area (Å²) in [4.78, 5) is 11.2. The lowest BCUT2D eigenvalue weighted by molar-refractivity contribution is 0.0601. The minimum absolute atomic E-state index is 0.217. The van der Waals surface area contributed by atoms with Crippen LogP contribution >= 0.6 is 0 Å². The highest BCUT2D eigenvalue weighted by atomic mass is 16.5. The van der Waals surface area contributed by atoms with Crippen molar-refractivity contribution >= 4 is 11.7 Å². The molecule has 0 aliphatic rings. The van der Waals surface area contributed by atoms with Crippen molar-refractivity contribution in [3.63, 3.8) is 0 Å². The second-order valence-electron chi connectivity index (χ2n) is 3.54. The minimum atomic E-state index is -0.338. The van der Waals surface area contributed by atoms with Crippen LogP contribution in [0.1, 0.15) is 24.2 Å².